The van der Waals surface area contributed by atoms with E-state index in [9.17, 15) is 9.90 Å². The molecule has 1 saturated carbocycles. The number of furan rings is 1. The standard InChI is InChI=1S/C14H21NO4/c1-18-9-7-14(5-3-6-14)13(17)15-10-11(16)12-4-2-8-19-12/h2,4,8,11,16H,3,5-7,9-10H2,1H3,(H,15,17). The maximum atomic E-state index is 12.2. The van der Waals surface area contributed by atoms with E-state index in [1.165, 1.54) is 6.26 Å². The van der Waals surface area contributed by atoms with Crippen LogP contribution in [0.2, 0.25) is 0 Å². The van der Waals surface area contributed by atoms with E-state index in [0.717, 1.165) is 25.7 Å². The molecule has 19 heavy (non-hydrogen) atoms. The summed E-state index contributed by atoms with van der Waals surface area (Å²) in [6.45, 7) is 0.773. The van der Waals surface area contributed by atoms with E-state index in [4.69, 9.17) is 9.15 Å². The lowest BCUT2D eigenvalue weighted by Gasteiger charge is -2.40. The SMILES string of the molecule is COCCC1(C(=O)NCC(O)c2ccco2)CCC1. The van der Waals surface area contributed by atoms with Crippen molar-refractivity contribution >= 4 is 5.91 Å². The number of ether oxygens (including phenoxy) is 1. The lowest BCUT2D eigenvalue weighted by molar-refractivity contribution is -0.138. The molecule has 0 spiro atoms. The molecule has 106 valence electrons. The second kappa shape index (κ2) is 6.21. The van der Waals surface area contributed by atoms with Crippen molar-refractivity contribution < 1.29 is 19.1 Å². The van der Waals surface area contributed by atoms with Gasteiger partial charge >= 0.3 is 0 Å². The summed E-state index contributed by atoms with van der Waals surface area (Å²) in [4.78, 5) is 12.2. The van der Waals surface area contributed by atoms with Crippen molar-refractivity contribution in [2.75, 3.05) is 20.3 Å². The van der Waals surface area contributed by atoms with Crippen molar-refractivity contribution in [1.29, 1.82) is 0 Å². The zero-order valence-corrected chi connectivity index (χ0v) is 11.2. The number of hydrogen-bond donors (Lipinski definition) is 2. The second-order valence-corrected chi connectivity index (χ2v) is 5.12. The van der Waals surface area contributed by atoms with E-state index in [1.54, 1.807) is 19.2 Å². The summed E-state index contributed by atoms with van der Waals surface area (Å²) in [6, 6.07) is 3.41. The number of aliphatic hydroxyl groups is 1. The van der Waals surface area contributed by atoms with Crippen LogP contribution >= 0.6 is 0 Å². The highest BCUT2D eigenvalue weighted by Gasteiger charge is 2.43. The van der Waals surface area contributed by atoms with Gasteiger partial charge in [-0.1, -0.05) is 6.42 Å². The third-order valence-corrected chi connectivity index (χ3v) is 3.90. The lowest BCUT2D eigenvalue weighted by atomic mass is 9.66. The Hall–Kier alpha value is -1.33. The molecule has 1 aliphatic rings. The maximum absolute atomic E-state index is 12.2. The molecule has 5 heteroatoms. The molecule has 1 aliphatic carbocycles. The number of hydrogen-bond acceptors (Lipinski definition) is 4. The Morgan fingerprint density at radius 1 is 1.63 bits per heavy atom. The van der Waals surface area contributed by atoms with Gasteiger partial charge in [0.1, 0.15) is 11.9 Å². The minimum absolute atomic E-state index is 0.0152. The van der Waals surface area contributed by atoms with E-state index < -0.39 is 6.10 Å². The van der Waals surface area contributed by atoms with Crippen molar-refractivity contribution in [1.82, 2.24) is 5.32 Å². The summed E-state index contributed by atoms with van der Waals surface area (Å²) in [7, 11) is 1.64. The van der Waals surface area contributed by atoms with Gasteiger partial charge in [0.05, 0.1) is 18.2 Å². The Morgan fingerprint density at radius 3 is 2.95 bits per heavy atom. The van der Waals surface area contributed by atoms with E-state index >= 15 is 0 Å². The first-order valence-electron chi connectivity index (χ1n) is 6.67. The van der Waals surface area contributed by atoms with Gasteiger partial charge in [-0.3, -0.25) is 4.79 Å². The number of rotatable bonds is 7. The zero-order valence-electron chi connectivity index (χ0n) is 11.2. The fraction of sp³-hybridized carbons (Fsp3) is 0.643. The average molecular weight is 267 g/mol. The molecule has 2 rings (SSSR count). The summed E-state index contributed by atoms with van der Waals surface area (Å²) in [5, 5.41) is 12.7. The molecule has 1 aromatic rings. The van der Waals surface area contributed by atoms with Crippen LogP contribution in [0.15, 0.2) is 22.8 Å². The summed E-state index contributed by atoms with van der Waals surface area (Å²) in [5.74, 6) is 0.487. The van der Waals surface area contributed by atoms with Gasteiger partial charge in [0, 0.05) is 13.7 Å². The summed E-state index contributed by atoms with van der Waals surface area (Å²) in [6.07, 6.45) is 4.34. The molecule has 1 atom stereocenters. The molecule has 1 amide bonds. The average Bonchev–Trinajstić information content (AvgIpc) is 2.88. The normalized spacial score (nSPS) is 18.6. The maximum Gasteiger partial charge on any atom is 0.226 e. The molecule has 1 unspecified atom stereocenters. The topological polar surface area (TPSA) is 71.7 Å². The summed E-state index contributed by atoms with van der Waals surface area (Å²) < 4.78 is 10.2. The quantitative estimate of drug-likeness (QED) is 0.787. The molecular formula is C14H21NO4. The number of nitrogens with one attached hydrogen (secondary N) is 1. The van der Waals surface area contributed by atoms with Gasteiger partial charge < -0.3 is 19.6 Å². The van der Waals surface area contributed by atoms with Crippen LogP contribution < -0.4 is 5.32 Å². The van der Waals surface area contributed by atoms with Crippen LogP contribution in [0.1, 0.15) is 37.5 Å². The smallest absolute Gasteiger partial charge is 0.226 e. The molecule has 1 heterocycles. The van der Waals surface area contributed by atoms with E-state index in [2.05, 4.69) is 5.32 Å². The molecule has 0 radical (unpaired) electrons. The zero-order chi connectivity index (χ0) is 13.7. The highest BCUT2D eigenvalue weighted by atomic mass is 16.5. The molecule has 2 N–H and O–H groups in total. The highest BCUT2D eigenvalue weighted by Crippen LogP contribution is 2.44. The van der Waals surface area contributed by atoms with Gasteiger partial charge in [0.15, 0.2) is 0 Å². The van der Waals surface area contributed by atoms with Gasteiger partial charge in [-0.05, 0) is 31.4 Å². The first kappa shape index (κ1) is 14.1. The second-order valence-electron chi connectivity index (χ2n) is 5.12. The van der Waals surface area contributed by atoms with E-state index in [0.29, 0.717) is 12.4 Å². The Balaban J connectivity index is 1.83. The molecule has 1 aromatic heterocycles. The van der Waals surface area contributed by atoms with Gasteiger partial charge in [-0.25, -0.2) is 0 Å². The van der Waals surface area contributed by atoms with Crippen LogP contribution in [0.3, 0.4) is 0 Å². The van der Waals surface area contributed by atoms with Crippen LogP contribution in [0.25, 0.3) is 0 Å². The Bertz CT molecular complexity index is 398. The molecule has 5 nitrogen and oxygen atoms in total. The first-order chi connectivity index (χ1) is 9.18. The van der Waals surface area contributed by atoms with E-state index in [-0.39, 0.29) is 17.9 Å². The van der Waals surface area contributed by atoms with Crippen molar-refractivity contribution in [3.05, 3.63) is 24.2 Å². The van der Waals surface area contributed by atoms with Crippen molar-refractivity contribution in [3.8, 4) is 0 Å². The Kier molecular flexibility index (Phi) is 4.61. The predicted molar refractivity (Wildman–Crippen MR) is 69.5 cm³/mol. The predicted octanol–water partition coefficient (Wildman–Crippen LogP) is 1.64. The minimum Gasteiger partial charge on any atom is -0.467 e. The molecule has 1 fully saturated rings. The molecule has 0 aromatic carbocycles. The number of carbonyl (C=O) groups is 1. The summed E-state index contributed by atoms with van der Waals surface area (Å²) in [5.41, 5.74) is -0.293. The Morgan fingerprint density at radius 2 is 2.42 bits per heavy atom. The molecular weight excluding hydrogens is 246 g/mol. The molecule has 0 saturated heterocycles. The van der Waals surface area contributed by atoms with Crippen LogP contribution in [-0.4, -0.2) is 31.3 Å². The number of aliphatic hydroxyl groups excluding tert-OH is 1. The van der Waals surface area contributed by atoms with Gasteiger partial charge in [0.2, 0.25) is 5.91 Å². The molecule has 0 bridgehead atoms. The fourth-order valence-corrected chi connectivity index (χ4v) is 2.45. The van der Waals surface area contributed by atoms with Crippen molar-refractivity contribution in [2.24, 2.45) is 5.41 Å². The van der Waals surface area contributed by atoms with Crippen molar-refractivity contribution in [3.63, 3.8) is 0 Å². The van der Waals surface area contributed by atoms with Gasteiger partial charge in [0.25, 0.3) is 0 Å². The largest absolute Gasteiger partial charge is 0.467 e. The highest BCUT2D eigenvalue weighted by molar-refractivity contribution is 5.83. The van der Waals surface area contributed by atoms with Crippen LogP contribution in [-0.2, 0) is 9.53 Å². The van der Waals surface area contributed by atoms with Crippen molar-refractivity contribution in [2.45, 2.75) is 31.8 Å². The third-order valence-electron chi connectivity index (χ3n) is 3.90. The number of amides is 1. The van der Waals surface area contributed by atoms with Crippen LogP contribution in [0.4, 0.5) is 0 Å². The fourth-order valence-electron chi connectivity index (χ4n) is 2.45. The van der Waals surface area contributed by atoms with Gasteiger partial charge in [-0.15, -0.1) is 0 Å². The first-order valence-corrected chi connectivity index (χ1v) is 6.67. The van der Waals surface area contributed by atoms with Crippen LogP contribution in [0, 0.1) is 5.41 Å². The van der Waals surface area contributed by atoms with Gasteiger partial charge in [-0.2, -0.15) is 0 Å². The van der Waals surface area contributed by atoms with Crippen LogP contribution in [0.5, 0.6) is 0 Å². The molecule has 0 aliphatic heterocycles. The number of methoxy groups -OCH3 is 1. The Labute approximate surface area is 112 Å². The summed E-state index contributed by atoms with van der Waals surface area (Å²) >= 11 is 0. The number of carbonyl (C=O) groups excluding carboxylic acids is 1. The lowest BCUT2D eigenvalue weighted by Crippen LogP contribution is -2.47. The third kappa shape index (κ3) is 3.16. The minimum atomic E-state index is -0.793. The monoisotopic (exact) mass is 267 g/mol. The van der Waals surface area contributed by atoms with E-state index in [1.807, 2.05) is 0 Å².